The van der Waals surface area contributed by atoms with Crippen molar-refractivity contribution < 1.29 is 37.6 Å². The van der Waals surface area contributed by atoms with Crippen LogP contribution >= 0.6 is 7.82 Å². The van der Waals surface area contributed by atoms with E-state index in [4.69, 9.17) is 24.3 Å². The molecule has 10 heteroatoms. The van der Waals surface area contributed by atoms with Crippen LogP contribution in [0.1, 0.15) is 322 Å². The van der Waals surface area contributed by atoms with E-state index < -0.39 is 26.5 Å². The van der Waals surface area contributed by atoms with Crippen LogP contribution in [-0.4, -0.2) is 49.3 Å². The summed E-state index contributed by atoms with van der Waals surface area (Å²) in [7, 11) is -4.39. The van der Waals surface area contributed by atoms with Crippen molar-refractivity contribution in [1.82, 2.24) is 0 Å². The van der Waals surface area contributed by atoms with Crippen molar-refractivity contribution in [3.05, 3.63) is 36.5 Å². The molecule has 0 radical (unpaired) electrons. The molecule has 2 unspecified atom stereocenters. The number of nitrogens with two attached hydrogens (primary N) is 1. The zero-order valence-corrected chi connectivity index (χ0v) is 49.0. The fraction of sp³-hybridized carbons (Fsp3) is 0.873. The molecule has 0 aliphatic carbocycles. The molecule has 3 N–H and O–H groups in total. The Hall–Kier alpha value is -1.77. The Morgan fingerprint density at radius 3 is 1.05 bits per heavy atom. The van der Waals surface area contributed by atoms with Crippen LogP contribution in [0.2, 0.25) is 0 Å². The van der Waals surface area contributed by atoms with Crippen LogP contribution in [0.5, 0.6) is 0 Å². The van der Waals surface area contributed by atoms with Crippen molar-refractivity contribution in [1.29, 1.82) is 0 Å². The Balaban J connectivity index is 3.90. The predicted molar refractivity (Wildman–Crippen MR) is 312 cm³/mol. The monoisotopic (exact) mass is 1050 g/mol. The summed E-state index contributed by atoms with van der Waals surface area (Å²) in [4.78, 5) is 35.3. The molecular formula is C63H120NO8P. The standard InChI is InChI=1S/C63H120NO8P/c1-3-5-7-9-11-13-15-17-19-21-23-25-27-29-30-32-34-36-38-40-42-44-46-48-50-52-54-56-63(66)72-61(60-71-73(67,68)70-58-57-64)59-69-62(65)55-53-51-49-47-45-43-41-39-37-35-33-31-28-26-24-22-20-18-16-14-12-10-8-6-4-2/h15,17,21-24,61H,3-14,16,18-20,25-60,64H2,1-2H3,(H,67,68)/b17-15-,23-21-,24-22-. The molecule has 0 saturated heterocycles. The Morgan fingerprint density at radius 1 is 0.411 bits per heavy atom. The van der Waals surface area contributed by atoms with Gasteiger partial charge in [0, 0.05) is 19.4 Å². The zero-order chi connectivity index (χ0) is 53.1. The van der Waals surface area contributed by atoms with Gasteiger partial charge in [-0.2, -0.15) is 0 Å². The minimum absolute atomic E-state index is 0.0549. The third kappa shape index (κ3) is 59.3. The van der Waals surface area contributed by atoms with Gasteiger partial charge in [-0.05, 0) is 70.6 Å². The van der Waals surface area contributed by atoms with Crippen molar-refractivity contribution in [2.24, 2.45) is 5.73 Å². The number of ether oxygens (including phenoxy) is 2. The number of hydrogen-bond donors (Lipinski definition) is 2. The second kappa shape index (κ2) is 59.5. The molecule has 9 nitrogen and oxygen atoms in total. The maximum Gasteiger partial charge on any atom is 0.472 e. The van der Waals surface area contributed by atoms with E-state index in [-0.39, 0.29) is 38.6 Å². The summed E-state index contributed by atoms with van der Waals surface area (Å²) in [6, 6.07) is 0. The highest BCUT2D eigenvalue weighted by atomic mass is 31.2. The van der Waals surface area contributed by atoms with Crippen LogP contribution in [0.15, 0.2) is 36.5 Å². The summed E-state index contributed by atoms with van der Waals surface area (Å²) in [5.74, 6) is -0.812. The highest BCUT2D eigenvalue weighted by molar-refractivity contribution is 7.47. The predicted octanol–water partition coefficient (Wildman–Crippen LogP) is 20.0. The molecule has 0 rings (SSSR count). The topological polar surface area (TPSA) is 134 Å². The number of carbonyl (C=O) groups is 2. The molecule has 0 aromatic rings. The lowest BCUT2D eigenvalue weighted by atomic mass is 10.0. The van der Waals surface area contributed by atoms with Gasteiger partial charge >= 0.3 is 19.8 Å². The van der Waals surface area contributed by atoms with Crippen LogP contribution in [0.4, 0.5) is 0 Å². The molecule has 0 heterocycles. The first-order chi connectivity index (χ1) is 35.8. The van der Waals surface area contributed by atoms with Gasteiger partial charge in [0.25, 0.3) is 0 Å². The summed E-state index contributed by atoms with van der Waals surface area (Å²) in [6.45, 7) is 3.79. The second-order valence-corrected chi connectivity index (χ2v) is 22.7. The summed E-state index contributed by atoms with van der Waals surface area (Å²) in [6.07, 6.45) is 72.1. The van der Waals surface area contributed by atoms with Crippen molar-refractivity contribution in [3.63, 3.8) is 0 Å². The Bertz CT molecular complexity index is 1290. The SMILES string of the molecule is CCCCCCC/C=C\C/C=C\CCCCCCCCCCCCCCCCCC(=O)OC(COC(=O)CCCCCCCCCCCCCCC/C=C\CCCCCCCCCC)COP(=O)(O)OCCN. The summed E-state index contributed by atoms with van der Waals surface area (Å²) >= 11 is 0. The first-order valence-electron chi connectivity index (χ1n) is 31.5. The maximum atomic E-state index is 12.7. The molecule has 0 spiro atoms. The molecule has 0 aromatic carbocycles. The molecule has 73 heavy (non-hydrogen) atoms. The Kier molecular flexibility index (Phi) is 58.0. The normalized spacial score (nSPS) is 13.2. The molecule has 0 amide bonds. The van der Waals surface area contributed by atoms with E-state index in [1.165, 1.54) is 250 Å². The average Bonchev–Trinajstić information content (AvgIpc) is 3.38. The van der Waals surface area contributed by atoms with E-state index in [0.29, 0.717) is 6.42 Å². The molecule has 430 valence electrons. The fourth-order valence-corrected chi connectivity index (χ4v) is 10.1. The molecule has 0 fully saturated rings. The molecule has 0 aliphatic heterocycles. The molecule has 0 bridgehead atoms. The highest BCUT2D eigenvalue weighted by Crippen LogP contribution is 2.43. The minimum atomic E-state index is -4.39. The Labute approximate surface area is 452 Å². The van der Waals surface area contributed by atoms with Crippen molar-refractivity contribution in [2.75, 3.05) is 26.4 Å². The quantitative estimate of drug-likeness (QED) is 0.0264. The van der Waals surface area contributed by atoms with Gasteiger partial charge in [-0.25, -0.2) is 4.57 Å². The van der Waals surface area contributed by atoms with Gasteiger partial charge in [0.05, 0.1) is 13.2 Å². The lowest BCUT2D eigenvalue weighted by Crippen LogP contribution is -2.29. The number of rotatable bonds is 60. The smallest absolute Gasteiger partial charge is 0.462 e. The number of carbonyl (C=O) groups excluding carboxylic acids is 2. The lowest BCUT2D eigenvalue weighted by molar-refractivity contribution is -0.161. The number of phosphoric ester groups is 1. The van der Waals surface area contributed by atoms with Gasteiger partial charge < -0.3 is 20.1 Å². The molecular weight excluding hydrogens is 930 g/mol. The lowest BCUT2D eigenvalue weighted by Gasteiger charge is -2.19. The third-order valence-corrected chi connectivity index (χ3v) is 15.0. The molecule has 0 saturated carbocycles. The first-order valence-corrected chi connectivity index (χ1v) is 33.0. The first kappa shape index (κ1) is 71.2. The van der Waals surface area contributed by atoms with E-state index in [9.17, 15) is 19.0 Å². The van der Waals surface area contributed by atoms with E-state index in [1.807, 2.05) is 0 Å². The van der Waals surface area contributed by atoms with Crippen molar-refractivity contribution in [3.8, 4) is 0 Å². The molecule has 0 aromatic heterocycles. The second-order valence-electron chi connectivity index (χ2n) is 21.3. The zero-order valence-electron chi connectivity index (χ0n) is 48.1. The van der Waals surface area contributed by atoms with Gasteiger partial charge in [-0.15, -0.1) is 0 Å². The van der Waals surface area contributed by atoms with Gasteiger partial charge in [-0.1, -0.05) is 275 Å². The highest BCUT2D eigenvalue weighted by Gasteiger charge is 2.26. The minimum Gasteiger partial charge on any atom is -0.462 e. The Morgan fingerprint density at radius 2 is 0.712 bits per heavy atom. The van der Waals surface area contributed by atoms with Crippen LogP contribution in [0, 0.1) is 0 Å². The van der Waals surface area contributed by atoms with Gasteiger partial charge in [0.15, 0.2) is 6.10 Å². The van der Waals surface area contributed by atoms with Crippen molar-refractivity contribution in [2.45, 2.75) is 328 Å². The summed E-state index contributed by atoms with van der Waals surface area (Å²) in [5.41, 5.74) is 5.39. The number of hydrogen-bond acceptors (Lipinski definition) is 8. The fourth-order valence-electron chi connectivity index (χ4n) is 9.31. The van der Waals surface area contributed by atoms with E-state index in [0.717, 1.165) is 38.5 Å². The van der Waals surface area contributed by atoms with Crippen LogP contribution in [-0.2, 0) is 32.7 Å². The summed E-state index contributed by atoms with van der Waals surface area (Å²) in [5, 5.41) is 0. The maximum absolute atomic E-state index is 12.7. The third-order valence-electron chi connectivity index (χ3n) is 14.0. The van der Waals surface area contributed by atoms with Crippen molar-refractivity contribution >= 4 is 19.8 Å². The molecule has 0 aliphatic rings. The number of unbranched alkanes of at least 4 members (excludes halogenated alkanes) is 41. The van der Waals surface area contributed by atoms with Crippen LogP contribution < -0.4 is 5.73 Å². The van der Waals surface area contributed by atoms with Gasteiger partial charge in [-0.3, -0.25) is 18.6 Å². The van der Waals surface area contributed by atoms with Crippen LogP contribution in [0.3, 0.4) is 0 Å². The number of allylic oxidation sites excluding steroid dienone is 6. The van der Waals surface area contributed by atoms with Gasteiger partial charge in [0.2, 0.25) is 0 Å². The average molecular weight is 1050 g/mol. The van der Waals surface area contributed by atoms with Gasteiger partial charge in [0.1, 0.15) is 6.61 Å². The van der Waals surface area contributed by atoms with Crippen LogP contribution in [0.25, 0.3) is 0 Å². The molecule has 2 atom stereocenters. The largest absolute Gasteiger partial charge is 0.472 e. The summed E-state index contributed by atoms with van der Waals surface area (Å²) < 4.78 is 33.1. The van der Waals surface area contributed by atoms with E-state index >= 15 is 0 Å². The number of esters is 2. The van der Waals surface area contributed by atoms with E-state index in [2.05, 4.69) is 50.3 Å². The van der Waals surface area contributed by atoms with E-state index in [1.54, 1.807) is 0 Å². The number of phosphoric acid groups is 1.